The maximum absolute atomic E-state index is 12.0. The Morgan fingerprint density at radius 3 is 2.85 bits per heavy atom. The summed E-state index contributed by atoms with van der Waals surface area (Å²) in [6.45, 7) is 3.36. The molecule has 108 valence electrons. The number of hydrogen-bond donors (Lipinski definition) is 2. The van der Waals surface area contributed by atoms with Crippen molar-refractivity contribution < 1.29 is 9.59 Å². The van der Waals surface area contributed by atoms with E-state index in [4.69, 9.17) is 0 Å². The van der Waals surface area contributed by atoms with Crippen LogP contribution in [0.25, 0.3) is 0 Å². The van der Waals surface area contributed by atoms with Gasteiger partial charge < -0.3 is 15.5 Å². The lowest BCUT2D eigenvalue weighted by molar-refractivity contribution is -0.137. The molecule has 1 aromatic rings. The fourth-order valence-corrected chi connectivity index (χ4v) is 2.34. The van der Waals surface area contributed by atoms with Gasteiger partial charge in [0.25, 0.3) is 0 Å². The van der Waals surface area contributed by atoms with E-state index in [9.17, 15) is 9.59 Å². The van der Waals surface area contributed by atoms with Crippen molar-refractivity contribution in [3.8, 4) is 0 Å². The molecule has 5 nitrogen and oxygen atoms in total. The largest absolute Gasteiger partial charge is 0.350 e. The third-order valence-electron chi connectivity index (χ3n) is 3.58. The molecule has 2 rings (SSSR count). The van der Waals surface area contributed by atoms with E-state index >= 15 is 0 Å². The molecule has 2 N–H and O–H groups in total. The molecule has 1 aliphatic rings. The Labute approximate surface area is 119 Å². The third-order valence-corrected chi connectivity index (χ3v) is 3.58. The average Bonchev–Trinajstić information content (AvgIpc) is 2.45. The van der Waals surface area contributed by atoms with Gasteiger partial charge in [-0.3, -0.25) is 9.59 Å². The summed E-state index contributed by atoms with van der Waals surface area (Å²) >= 11 is 0. The molecule has 1 saturated heterocycles. The molecule has 1 aliphatic heterocycles. The van der Waals surface area contributed by atoms with Crippen LogP contribution in [0.4, 0.5) is 0 Å². The van der Waals surface area contributed by atoms with Crippen LogP contribution in [-0.4, -0.2) is 42.9 Å². The molecule has 0 aliphatic carbocycles. The molecule has 0 saturated carbocycles. The number of carbonyl (C=O) groups is 2. The molecular formula is C15H21N3O2. The van der Waals surface area contributed by atoms with Crippen molar-refractivity contribution >= 4 is 11.8 Å². The molecule has 1 fully saturated rings. The summed E-state index contributed by atoms with van der Waals surface area (Å²) in [5, 5.41) is 6.02. The lowest BCUT2D eigenvalue weighted by atomic mass is 10.1. The van der Waals surface area contributed by atoms with E-state index < -0.39 is 6.04 Å². The van der Waals surface area contributed by atoms with Crippen LogP contribution >= 0.6 is 0 Å². The van der Waals surface area contributed by atoms with Crippen LogP contribution < -0.4 is 10.6 Å². The summed E-state index contributed by atoms with van der Waals surface area (Å²) in [6.07, 6.45) is 0.181. The normalized spacial score (nSPS) is 20.6. The van der Waals surface area contributed by atoms with Crippen LogP contribution in [0.3, 0.4) is 0 Å². The van der Waals surface area contributed by atoms with Crippen LogP contribution in [0, 0.1) is 0 Å². The van der Waals surface area contributed by atoms with Gasteiger partial charge in [0.15, 0.2) is 0 Å². The highest BCUT2D eigenvalue weighted by Crippen LogP contribution is 2.12. The van der Waals surface area contributed by atoms with Crippen molar-refractivity contribution in [1.82, 2.24) is 15.5 Å². The fraction of sp³-hybridized carbons (Fsp3) is 0.467. The Morgan fingerprint density at radius 1 is 1.45 bits per heavy atom. The van der Waals surface area contributed by atoms with Crippen molar-refractivity contribution in [2.45, 2.75) is 25.4 Å². The van der Waals surface area contributed by atoms with Crippen LogP contribution in [0.15, 0.2) is 30.3 Å². The summed E-state index contributed by atoms with van der Waals surface area (Å²) in [7, 11) is 1.76. The summed E-state index contributed by atoms with van der Waals surface area (Å²) in [6, 6.07) is 9.32. The van der Waals surface area contributed by atoms with Gasteiger partial charge in [0, 0.05) is 20.1 Å². The minimum Gasteiger partial charge on any atom is -0.350 e. The topological polar surface area (TPSA) is 61.4 Å². The van der Waals surface area contributed by atoms with Gasteiger partial charge in [-0.2, -0.15) is 0 Å². The smallest absolute Gasteiger partial charge is 0.240 e. The predicted molar refractivity (Wildman–Crippen MR) is 77.0 cm³/mol. The van der Waals surface area contributed by atoms with Gasteiger partial charge in [0.2, 0.25) is 11.8 Å². The Balaban J connectivity index is 1.88. The number of amides is 2. The van der Waals surface area contributed by atoms with E-state index in [1.165, 1.54) is 0 Å². The van der Waals surface area contributed by atoms with Crippen LogP contribution in [-0.2, 0) is 9.59 Å². The minimum absolute atomic E-state index is 0.0150. The van der Waals surface area contributed by atoms with Crippen molar-refractivity contribution in [1.29, 1.82) is 0 Å². The van der Waals surface area contributed by atoms with Gasteiger partial charge in [-0.1, -0.05) is 30.3 Å². The predicted octanol–water partition coefficient (Wildman–Crippen LogP) is 0.684. The van der Waals surface area contributed by atoms with Gasteiger partial charge in [0.05, 0.1) is 18.5 Å². The van der Waals surface area contributed by atoms with Gasteiger partial charge in [-0.15, -0.1) is 0 Å². The zero-order chi connectivity index (χ0) is 14.5. The van der Waals surface area contributed by atoms with Crippen LogP contribution in [0.1, 0.15) is 24.9 Å². The zero-order valence-electron chi connectivity index (χ0n) is 11.9. The van der Waals surface area contributed by atoms with Gasteiger partial charge in [-0.05, 0) is 12.5 Å². The second-order valence-electron chi connectivity index (χ2n) is 5.17. The molecule has 0 aromatic heterocycles. The molecule has 1 heterocycles. The first-order valence-electron chi connectivity index (χ1n) is 6.90. The molecule has 0 spiro atoms. The number of piperazine rings is 1. The molecule has 0 radical (unpaired) electrons. The minimum atomic E-state index is -0.406. The Morgan fingerprint density at radius 2 is 2.15 bits per heavy atom. The van der Waals surface area contributed by atoms with Crippen molar-refractivity contribution in [3.05, 3.63) is 35.9 Å². The maximum Gasteiger partial charge on any atom is 0.240 e. The Kier molecular flexibility index (Phi) is 4.74. The summed E-state index contributed by atoms with van der Waals surface area (Å²) in [5.41, 5.74) is 1.06. The second kappa shape index (κ2) is 6.52. The van der Waals surface area contributed by atoms with Crippen LogP contribution in [0.2, 0.25) is 0 Å². The van der Waals surface area contributed by atoms with E-state index in [0.717, 1.165) is 12.1 Å². The number of likely N-dealkylation sites (N-methyl/N-ethyl adjacent to an activating group) is 1. The Bertz CT molecular complexity index is 475. The van der Waals surface area contributed by atoms with E-state index in [2.05, 4.69) is 10.6 Å². The molecular weight excluding hydrogens is 254 g/mol. The third kappa shape index (κ3) is 3.57. The molecule has 1 aromatic carbocycles. The highest BCUT2D eigenvalue weighted by atomic mass is 16.2. The monoisotopic (exact) mass is 275 g/mol. The Hall–Kier alpha value is -1.88. The number of hydrogen-bond acceptors (Lipinski definition) is 3. The lowest BCUT2D eigenvalue weighted by Gasteiger charge is -2.30. The first-order valence-corrected chi connectivity index (χ1v) is 6.90. The summed E-state index contributed by atoms with van der Waals surface area (Å²) in [4.78, 5) is 25.6. The molecule has 2 atom stereocenters. The lowest BCUT2D eigenvalue weighted by Crippen LogP contribution is -2.54. The fourth-order valence-electron chi connectivity index (χ4n) is 2.34. The van der Waals surface area contributed by atoms with E-state index in [-0.39, 0.29) is 24.3 Å². The standard InChI is InChI=1S/C15H21N3O2/c1-11(12-6-4-3-5-7-12)17-14(19)10-13-15(20)18(2)9-8-16-13/h3-7,11,13,16H,8-10H2,1-2H3,(H,17,19). The first kappa shape index (κ1) is 14.5. The quantitative estimate of drug-likeness (QED) is 0.849. The number of benzene rings is 1. The number of carbonyl (C=O) groups excluding carboxylic acids is 2. The number of nitrogens with one attached hydrogen (secondary N) is 2. The zero-order valence-corrected chi connectivity index (χ0v) is 11.9. The van der Waals surface area contributed by atoms with Gasteiger partial charge >= 0.3 is 0 Å². The highest BCUT2D eigenvalue weighted by molar-refractivity contribution is 5.88. The van der Waals surface area contributed by atoms with E-state index in [1.54, 1.807) is 11.9 Å². The van der Waals surface area contributed by atoms with Crippen LogP contribution in [0.5, 0.6) is 0 Å². The number of nitrogens with zero attached hydrogens (tertiary/aromatic N) is 1. The summed E-state index contributed by atoms with van der Waals surface area (Å²) in [5.74, 6) is -0.124. The average molecular weight is 275 g/mol. The SMILES string of the molecule is CC(NC(=O)CC1NCCN(C)C1=O)c1ccccc1. The maximum atomic E-state index is 12.0. The molecule has 2 amide bonds. The van der Waals surface area contributed by atoms with E-state index in [0.29, 0.717) is 6.54 Å². The number of rotatable bonds is 4. The van der Waals surface area contributed by atoms with Crippen molar-refractivity contribution in [2.24, 2.45) is 0 Å². The van der Waals surface area contributed by atoms with Crippen molar-refractivity contribution in [2.75, 3.05) is 20.1 Å². The van der Waals surface area contributed by atoms with Gasteiger partial charge in [0.1, 0.15) is 0 Å². The molecule has 5 heteroatoms. The highest BCUT2D eigenvalue weighted by Gasteiger charge is 2.28. The van der Waals surface area contributed by atoms with E-state index in [1.807, 2.05) is 37.3 Å². The second-order valence-corrected chi connectivity index (χ2v) is 5.17. The summed E-state index contributed by atoms with van der Waals surface area (Å²) < 4.78 is 0. The molecule has 0 bridgehead atoms. The first-order chi connectivity index (χ1) is 9.58. The molecule has 2 unspecified atom stereocenters. The van der Waals surface area contributed by atoms with Crippen molar-refractivity contribution in [3.63, 3.8) is 0 Å². The molecule has 20 heavy (non-hydrogen) atoms. The van der Waals surface area contributed by atoms with Gasteiger partial charge in [-0.25, -0.2) is 0 Å².